The Hall–Kier alpha value is -2.21. The van der Waals surface area contributed by atoms with Gasteiger partial charge in [0, 0.05) is 6.54 Å². The van der Waals surface area contributed by atoms with E-state index in [0.717, 1.165) is 19.4 Å². The molecule has 2 rings (SSSR count). The molecule has 0 unspecified atom stereocenters. The minimum atomic E-state index is -3.77. The molecule has 3 N–H and O–H groups in total. The highest BCUT2D eigenvalue weighted by atomic mass is 32.2. The molecule has 5 nitrogen and oxygen atoms in total. The van der Waals surface area contributed by atoms with Crippen LogP contribution in [0.4, 0.5) is 11.4 Å². The fourth-order valence-electron chi connectivity index (χ4n) is 4.48. The molecule has 0 radical (unpaired) electrons. The Bertz CT molecular complexity index is 932. The summed E-state index contributed by atoms with van der Waals surface area (Å²) in [5.74, 6) is -0.0912. The Morgan fingerprint density at radius 2 is 1.14 bits per heavy atom. The zero-order valence-corrected chi connectivity index (χ0v) is 23.1. The number of hydrogen-bond acceptors (Lipinski definition) is 4. The summed E-state index contributed by atoms with van der Waals surface area (Å²) < 4.78 is 27.9. The lowest BCUT2D eigenvalue weighted by atomic mass is 10.0. The van der Waals surface area contributed by atoms with Gasteiger partial charge in [-0.25, -0.2) is 8.42 Å². The van der Waals surface area contributed by atoms with Gasteiger partial charge in [0.15, 0.2) is 0 Å². The summed E-state index contributed by atoms with van der Waals surface area (Å²) in [5.41, 5.74) is 0.785. The molecule has 0 spiro atoms. The topological polar surface area (TPSA) is 78.4 Å². The third-order valence-corrected chi connectivity index (χ3v) is 8.04. The van der Waals surface area contributed by atoms with E-state index >= 15 is 0 Å². The third-order valence-electron chi connectivity index (χ3n) is 6.68. The van der Waals surface area contributed by atoms with Crippen LogP contribution < -0.4 is 10.0 Å². The molecule has 0 aromatic heterocycles. The van der Waals surface area contributed by atoms with E-state index < -0.39 is 10.0 Å². The van der Waals surface area contributed by atoms with E-state index in [1.165, 1.54) is 108 Å². The molecule has 0 fully saturated rings. The molecule has 0 aliphatic rings. The lowest BCUT2D eigenvalue weighted by Crippen LogP contribution is -2.15. The van der Waals surface area contributed by atoms with E-state index in [1.54, 1.807) is 30.3 Å². The van der Waals surface area contributed by atoms with Crippen molar-refractivity contribution < 1.29 is 13.5 Å². The minimum Gasteiger partial charge on any atom is -0.506 e. The Balaban J connectivity index is 1.54. The number of phenolic OH excluding ortho intramolecular Hbond substituents is 1. The van der Waals surface area contributed by atoms with Crippen LogP contribution in [-0.2, 0) is 10.0 Å². The maximum absolute atomic E-state index is 12.7. The number of hydrogen-bond donors (Lipinski definition) is 3. The molecule has 6 heteroatoms. The first kappa shape index (κ1) is 30.0. The fourth-order valence-corrected chi connectivity index (χ4v) is 5.60. The number of benzene rings is 2. The second kappa shape index (κ2) is 18.1. The van der Waals surface area contributed by atoms with Gasteiger partial charge in [-0.15, -0.1) is 0 Å². The number of anilines is 2. The summed E-state index contributed by atoms with van der Waals surface area (Å²) in [7, 11) is -3.77. The van der Waals surface area contributed by atoms with Gasteiger partial charge in [-0.05, 0) is 30.7 Å². The number of sulfonamides is 1. The van der Waals surface area contributed by atoms with Gasteiger partial charge in [0.05, 0.1) is 10.6 Å². The van der Waals surface area contributed by atoms with E-state index in [0.29, 0.717) is 5.69 Å². The van der Waals surface area contributed by atoms with Crippen molar-refractivity contribution in [2.45, 2.75) is 115 Å². The normalized spacial score (nSPS) is 11.5. The largest absolute Gasteiger partial charge is 0.506 e. The van der Waals surface area contributed by atoms with Crippen molar-refractivity contribution in [3.63, 3.8) is 0 Å². The molecule has 0 atom stereocenters. The summed E-state index contributed by atoms with van der Waals surface area (Å²) in [6, 6.07) is 13.2. The average molecular weight is 517 g/mol. The zero-order chi connectivity index (χ0) is 25.9. The van der Waals surface area contributed by atoms with E-state index in [4.69, 9.17) is 0 Å². The highest BCUT2D eigenvalue weighted by Crippen LogP contribution is 2.33. The van der Waals surface area contributed by atoms with Crippen molar-refractivity contribution in [3.8, 4) is 5.75 Å². The second-order valence-corrected chi connectivity index (χ2v) is 11.5. The highest BCUT2D eigenvalue weighted by Gasteiger charge is 2.18. The quantitative estimate of drug-likeness (QED) is 0.114. The van der Waals surface area contributed by atoms with Gasteiger partial charge in [-0.1, -0.05) is 128 Å². The van der Waals surface area contributed by atoms with Gasteiger partial charge in [0.2, 0.25) is 0 Å². The molecular formula is C30H48N2O3S. The van der Waals surface area contributed by atoms with Crippen LogP contribution in [0.1, 0.15) is 110 Å². The summed E-state index contributed by atoms with van der Waals surface area (Å²) in [6.07, 6.45) is 21.3. The number of unbranched alkanes of at least 4 members (excludes halogenated alkanes) is 15. The molecule has 2 aromatic carbocycles. The Morgan fingerprint density at radius 1 is 0.639 bits per heavy atom. The molecule has 2 aromatic rings. The number of para-hydroxylation sites is 1. The summed E-state index contributed by atoms with van der Waals surface area (Å²) >= 11 is 0. The maximum Gasteiger partial charge on any atom is 0.262 e. The Morgan fingerprint density at radius 3 is 1.67 bits per heavy atom. The smallest absolute Gasteiger partial charge is 0.262 e. The van der Waals surface area contributed by atoms with E-state index in [9.17, 15) is 13.5 Å². The van der Waals surface area contributed by atoms with Crippen molar-refractivity contribution in [2.24, 2.45) is 0 Å². The second-order valence-electron chi connectivity index (χ2n) is 9.85. The number of rotatable bonds is 21. The Kier molecular flexibility index (Phi) is 15.1. The zero-order valence-electron chi connectivity index (χ0n) is 22.3. The summed E-state index contributed by atoms with van der Waals surface area (Å²) in [5, 5.41) is 13.6. The molecule has 0 aliphatic heterocycles. The molecule has 0 saturated heterocycles. The number of phenols is 1. The van der Waals surface area contributed by atoms with Crippen molar-refractivity contribution in [2.75, 3.05) is 16.6 Å². The number of aromatic hydroxyl groups is 1. The molecule has 0 aliphatic carbocycles. The van der Waals surface area contributed by atoms with Crippen LogP contribution in [0, 0.1) is 0 Å². The van der Waals surface area contributed by atoms with Gasteiger partial charge in [0.25, 0.3) is 10.0 Å². The van der Waals surface area contributed by atoms with Crippen LogP contribution in [0.3, 0.4) is 0 Å². The van der Waals surface area contributed by atoms with Crippen LogP contribution in [0.15, 0.2) is 53.4 Å². The van der Waals surface area contributed by atoms with Crippen molar-refractivity contribution in [1.29, 1.82) is 0 Å². The standard InChI is InChI=1S/C30H48N2O3S/c1-2-3-4-5-6-7-8-9-10-11-12-13-14-15-16-20-26-31-28-24-21-25-29(33)30(28)32-36(34,35)27-22-18-17-19-23-27/h17-19,21-25,31-33H,2-16,20,26H2,1H3. The van der Waals surface area contributed by atoms with Gasteiger partial charge in [-0.3, -0.25) is 4.72 Å². The third kappa shape index (κ3) is 12.2. The monoisotopic (exact) mass is 516 g/mol. The molecular weight excluding hydrogens is 468 g/mol. The van der Waals surface area contributed by atoms with Crippen LogP contribution in [0.5, 0.6) is 5.75 Å². The van der Waals surface area contributed by atoms with E-state index in [2.05, 4.69) is 17.0 Å². The molecule has 36 heavy (non-hydrogen) atoms. The average Bonchev–Trinajstić information content (AvgIpc) is 2.88. The van der Waals surface area contributed by atoms with Crippen LogP contribution >= 0.6 is 0 Å². The fraction of sp³-hybridized carbons (Fsp3) is 0.600. The predicted octanol–water partition coefficient (Wildman–Crippen LogP) is 8.87. The predicted molar refractivity (Wildman–Crippen MR) is 153 cm³/mol. The first-order chi connectivity index (χ1) is 17.5. The first-order valence-electron chi connectivity index (χ1n) is 14.2. The lowest BCUT2D eigenvalue weighted by molar-refractivity contribution is 0.478. The van der Waals surface area contributed by atoms with Crippen LogP contribution in [0.2, 0.25) is 0 Å². The molecule has 0 amide bonds. The van der Waals surface area contributed by atoms with Crippen LogP contribution in [-0.4, -0.2) is 20.1 Å². The van der Waals surface area contributed by atoms with Gasteiger partial charge < -0.3 is 10.4 Å². The number of nitrogens with one attached hydrogen (secondary N) is 2. The molecule has 0 heterocycles. The van der Waals surface area contributed by atoms with Gasteiger partial charge in [0.1, 0.15) is 11.4 Å². The summed E-state index contributed by atoms with van der Waals surface area (Å²) in [4.78, 5) is 0.164. The van der Waals surface area contributed by atoms with Gasteiger partial charge in [-0.2, -0.15) is 0 Å². The maximum atomic E-state index is 12.7. The summed E-state index contributed by atoms with van der Waals surface area (Å²) in [6.45, 7) is 3.01. The highest BCUT2D eigenvalue weighted by molar-refractivity contribution is 7.92. The van der Waals surface area contributed by atoms with Gasteiger partial charge >= 0.3 is 0 Å². The van der Waals surface area contributed by atoms with Crippen molar-refractivity contribution in [1.82, 2.24) is 0 Å². The van der Waals surface area contributed by atoms with Crippen molar-refractivity contribution >= 4 is 21.4 Å². The van der Waals surface area contributed by atoms with E-state index in [1.807, 2.05) is 0 Å². The van der Waals surface area contributed by atoms with E-state index in [-0.39, 0.29) is 16.3 Å². The first-order valence-corrected chi connectivity index (χ1v) is 15.7. The molecule has 0 saturated carbocycles. The van der Waals surface area contributed by atoms with Crippen LogP contribution in [0.25, 0.3) is 0 Å². The molecule has 202 valence electrons. The SMILES string of the molecule is CCCCCCCCCCCCCCCCCCNc1cccc(O)c1NS(=O)(=O)c1ccccc1. The lowest BCUT2D eigenvalue weighted by Gasteiger charge is -2.15. The Labute approximate surface area is 220 Å². The van der Waals surface area contributed by atoms with Crippen molar-refractivity contribution in [3.05, 3.63) is 48.5 Å². The molecule has 0 bridgehead atoms. The minimum absolute atomic E-state index is 0.0912.